The summed E-state index contributed by atoms with van der Waals surface area (Å²) < 4.78 is 16.8. The van der Waals surface area contributed by atoms with Crippen molar-refractivity contribution in [1.82, 2.24) is 4.90 Å². The largest absolute Gasteiger partial charge is 0.444 e. The lowest BCUT2D eigenvalue weighted by Gasteiger charge is -2.27. The Hall–Kier alpha value is -1.63. The van der Waals surface area contributed by atoms with Crippen LogP contribution in [-0.2, 0) is 20.8 Å². The van der Waals surface area contributed by atoms with E-state index in [1.807, 2.05) is 51.1 Å². The molecule has 1 aromatic carbocycles. The average molecular weight is 351 g/mol. The number of nitrogens with zero attached hydrogens (tertiary/aromatic N) is 1. The first-order valence-corrected chi connectivity index (χ1v) is 8.73. The van der Waals surface area contributed by atoms with Crippen LogP contribution in [0.25, 0.3) is 0 Å². The minimum Gasteiger partial charge on any atom is -0.444 e. The lowest BCUT2D eigenvalue weighted by molar-refractivity contribution is -0.00120. The average Bonchev–Trinajstić information content (AvgIpc) is 2.97. The first-order valence-electron chi connectivity index (χ1n) is 8.73. The second kappa shape index (κ2) is 9.17. The van der Waals surface area contributed by atoms with E-state index in [1.165, 1.54) is 0 Å². The molecule has 0 bridgehead atoms. The van der Waals surface area contributed by atoms with Crippen LogP contribution < -0.4 is 0 Å². The summed E-state index contributed by atoms with van der Waals surface area (Å²) in [6.45, 7) is 7.31. The Bertz CT molecular complexity index is 528. The number of hydrogen-bond acceptors (Lipinski definition) is 5. The predicted molar refractivity (Wildman–Crippen MR) is 94.3 cm³/mol. The third-order valence-electron chi connectivity index (χ3n) is 3.91. The standard InChI is InChI=1S/C19H29NO5/c1-19(2,3)25-18(22)20-12-17(11-16(20)13-21)24-10-9-23-14-15-7-5-4-6-8-15/h4-8,16-17,21H,9-14H2,1-3H3/t16-,17+/m0/s1. The maximum atomic E-state index is 12.2. The molecule has 0 unspecified atom stereocenters. The van der Waals surface area contributed by atoms with Crippen molar-refractivity contribution >= 4 is 6.09 Å². The lowest BCUT2D eigenvalue weighted by Crippen LogP contribution is -2.41. The Morgan fingerprint density at radius 1 is 1.24 bits per heavy atom. The van der Waals surface area contributed by atoms with E-state index in [2.05, 4.69) is 0 Å². The maximum absolute atomic E-state index is 12.2. The predicted octanol–water partition coefficient (Wildman–Crippen LogP) is 2.59. The van der Waals surface area contributed by atoms with Crippen molar-refractivity contribution in [3.8, 4) is 0 Å². The zero-order chi connectivity index (χ0) is 18.3. The number of amides is 1. The van der Waals surface area contributed by atoms with E-state index in [9.17, 15) is 9.90 Å². The van der Waals surface area contributed by atoms with Gasteiger partial charge in [-0.25, -0.2) is 4.79 Å². The van der Waals surface area contributed by atoms with Crippen LogP contribution in [0.5, 0.6) is 0 Å². The van der Waals surface area contributed by atoms with Crippen LogP contribution in [0.4, 0.5) is 4.79 Å². The second-order valence-corrected chi connectivity index (χ2v) is 7.24. The number of rotatable bonds is 7. The third kappa shape index (κ3) is 6.65. The zero-order valence-corrected chi connectivity index (χ0v) is 15.3. The van der Waals surface area contributed by atoms with Crippen molar-refractivity contribution in [3.05, 3.63) is 35.9 Å². The summed E-state index contributed by atoms with van der Waals surface area (Å²) in [5, 5.41) is 9.51. The van der Waals surface area contributed by atoms with Gasteiger partial charge in [-0.1, -0.05) is 30.3 Å². The first-order chi connectivity index (χ1) is 11.9. The molecule has 6 nitrogen and oxygen atoms in total. The number of aliphatic hydroxyl groups excluding tert-OH is 1. The molecule has 6 heteroatoms. The SMILES string of the molecule is CC(C)(C)OC(=O)N1C[C@H](OCCOCc2ccccc2)C[C@H]1CO. The van der Waals surface area contributed by atoms with Gasteiger partial charge >= 0.3 is 6.09 Å². The Labute approximate surface area is 149 Å². The molecule has 0 aromatic heterocycles. The Kier molecular flexibility index (Phi) is 7.23. The van der Waals surface area contributed by atoms with Crippen LogP contribution in [-0.4, -0.2) is 60.2 Å². The summed E-state index contributed by atoms with van der Waals surface area (Å²) in [6, 6.07) is 9.71. The zero-order valence-electron chi connectivity index (χ0n) is 15.3. The number of likely N-dealkylation sites (tertiary alicyclic amines) is 1. The van der Waals surface area contributed by atoms with Crippen LogP contribution in [0.2, 0.25) is 0 Å². The Morgan fingerprint density at radius 2 is 1.96 bits per heavy atom. The summed E-state index contributed by atoms with van der Waals surface area (Å²) in [7, 11) is 0. The van der Waals surface area contributed by atoms with Crippen molar-refractivity contribution in [1.29, 1.82) is 0 Å². The summed E-state index contributed by atoms with van der Waals surface area (Å²) in [5.74, 6) is 0. The second-order valence-electron chi connectivity index (χ2n) is 7.24. The highest BCUT2D eigenvalue weighted by atomic mass is 16.6. The molecule has 140 valence electrons. The molecule has 1 N–H and O–H groups in total. The molecular formula is C19H29NO5. The summed E-state index contributed by atoms with van der Waals surface area (Å²) in [5.41, 5.74) is 0.571. The monoisotopic (exact) mass is 351 g/mol. The third-order valence-corrected chi connectivity index (χ3v) is 3.91. The summed E-state index contributed by atoms with van der Waals surface area (Å²) >= 11 is 0. The van der Waals surface area contributed by atoms with E-state index in [1.54, 1.807) is 4.90 Å². The molecule has 1 saturated heterocycles. The van der Waals surface area contributed by atoms with Crippen molar-refractivity contribution in [2.75, 3.05) is 26.4 Å². The molecule has 0 aliphatic carbocycles. The van der Waals surface area contributed by atoms with Gasteiger partial charge in [0.25, 0.3) is 0 Å². The molecular weight excluding hydrogens is 322 g/mol. The number of ether oxygens (including phenoxy) is 3. The molecule has 0 spiro atoms. The number of hydrogen-bond donors (Lipinski definition) is 1. The van der Waals surface area contributed by atoms with E-state index in [0.717, 1.165) is 5.56 Å². The Morgan fingerprint density at radius 3 is 2.60 bits per heavy atom. The van der Waals surface area contributed by atoms with Gasteiger partial charge in [-0.15, -0.1) is 0 Å². The van der Waals surface area contributed by atoms with Crippen LogP contribution >= 0.6 is 0 Å². The summed E-state index contributed by atoms with van der Waals surface area (Å²) in [6.07, 6.45) is 0.0944. The molecule has 2 atom stereocenters. The van der Waals surface area contributed by atoms with Gasteiger partial charge in [0.05, 0.1) is 45.1 Å². The minimum absolute atomic E-state index is 0.0936. The number of benzene rings is 1. The van der Waals surface area contributed by atoms with Crippen LogP contribution in [0.3, 0.4) is 0 Å². The van der Waals surface area contributed by atoms with Gasteiger partial charge in [0.2, 0.25) is 0 Å². The van der Waals surface area contributed by atoms with Gasteiger partial charge in [-0.3, -0.25) is 0 Å². The van der Waals surface area contributed by atoms with Gasteiger partial charge in [-0.05, 0) is 32.8 Å². The van der Waals surface area contributed by atoms with Crippen molar-refractivity contribution in [2.24, 2.45) is 0 Å². The number of carbonyl (C=O) groups excluding carboxylic acids is 1. The van der Waals surface area contributed by atoms with Gasteiger partial charge in [0, 0.05) is 0 Å². The highest BCUT2D eigenvalue weighted by molar-refractivity contribution is 5.69. The number of carbonyl (C=O) groups is 1. The van der Waals surface area contributed by atoms with E-state index in [4.69, 9.17) is 14.2 Å². The molecule has 1 fully saturated rings. The summed E-state index contributed by atoms with van der Waals surface area (Å²) in [4.78, 5) is 13.8. The fraction of sp³-hybridized carbons (Fsp3) is 0.632. The fourth-order valence-electron chi connectivity index (χ4n) is 2.75. The quantitative estimate of drug-likeness (QED) is 0.765. The van der Waals surface area contributed by atoms with Crippen molar-refractivity contribution in [3.63, 3.8) is 0 Å². The molecule has 1 aromatic rings. The van der Waals surface area contributed by atoms with E-state index in [0.29, 0.717) is 32.8 Å². The van der Waals surface area contributed by atoms with Gasteiger partial charge in [0.15, 0.2) is 0 Å². The van der Waals surface area contributed by atoms with Gasteiger partial charge in [-0.2, -0.15) is 0 Å². The van der Waals surface area contributed by atoms with Crippen LogP contribution in [0.15, 0.2) is 30.3 Å². The van der Waals surface area contributed by atoms with Crippen LogP contribution in [0, 0.1) is 0 Å². The molecule has 25 heavy (non-hydrogen) atoms. The molecule has 2 rings (SSSR count). The molecule has 0 saturated carbocycles. The highest BCUT2D eigenvalue weighted by Crippen LogP contribution is 2.23. The number of aliphatic hydroxyl groups is 1. The smallest absolute Gasteiger partial charge is 0.410 e. The fourth-order valence-corrected chi connectivity index (χ4v) is 2.75. The molecule has 1 aliphatic rings. The highest BCUT2D eigenvalue weighted by Gasteiger charge is 2.37. The topological polar surface area (TPSA) is 68.2 Å². The maximum Gasteiger partial charge on any atom is 0.410 e. The lowest BCUT2D eigenvalue weighted by atomic mass is 10.2. The van der Waals surface area contributed by atoms with Gasteiger partial charge in [0.1, 0.15) is 5.60 Å². The Balaban J connectivity index is 1.70. The first kappa shape index (κ1) is 19.7. The molecule has 1 aliphatic heterocycles. The van der Waals surface area contributed by atoms with Gasteiger partial charge < -0.3 is 24.2 Å². The van der Waals surface area contributed by atoms with Crippen molar-refractivity contribution < 1.29 is 24.1 Å². The molecule has 1 amide bonds. The van der Waals surface area contributed by atoms with E-state index >= 15 is 0 Å². The van der Waals surface area contributed by atoms with E-state index in [-0.39, 0.29) is 18.8 Å². The molecule has 0 radical (unpaired) electrons. The van der Waals surface area contributed by atoms with Crippen molar-refractivity contribution in [2.45, 2.75) is 51.5 Å². The molecule has 1 heterocycles. The normalized spacial score (nSPS) is 20.7. The van der Waals surface area contributed by atoms with E-state index < -0.39 is 11.7 Å². The van der Waals surface area contributed by atoms with Crippen LogP contribution in [0.1, 0.15) is 32.8 Å². The minimum atomic E-state index is -0.554.